The maximum atomic E-state index is 11.7. The van der Waals surface area contributed by atoms with Crippen molar-refractivity contribution in [2.24, 2.45) is 0 Å². The lowest BCUT2D eigenvalue weighted by molar-refractivity contribution is -0.133. The largest absolute Gasteiger partial charge is 0.382 e. The zero-order valence-corrected chi connectivity index (χ0v) is 13.8. The highest BCUT2D eigenvalue weighted by atomic mass is 16.5. The lowest BCUT2D eigenvalue weighted by Gasteiger charge is -2.26. The molecule has 0 fully saturated rings. The average Bonchev–Trinajstić information content (AvgIpc) is 2.50. The zero-order valence-electron chi connectivity index (χ0n) is 13.8. The molecule has 0 aromatic heterocycles. The van der Waals surface area contributed by atoms with Crippen molar-refractivity contribution in [3.63, 3.8) is 0 Å². The first-order valence-electron chi connectivity index (χ1n) is 7.34. The quantitative estimate of drug-likeness (QED) is 0.336. The van der Waals surface area contributed by atoms with Gasteiger partial charge in [-0.3, -0.25) is 9.59 Å². The molecule has 0 aromatic rings. The van der Waals surface area contributed by atoms with Gasteiger partial charge in [0.05, 0.1) is 47.4 Å². The molecular formula is C14H27BN2O5. The molecule has 0 aliphatic carbocycles. The summed E-state index contributed by atoms with van der Waals surface area (Å²) >= 11 is 0. The van der Waals surface area contributed by atoms with Gasteiger partial charge in [0.1, 0.15) is 5.78 Å². The third-order valence-electron chi connectivity index (χ3n) is 2.91. The van der Waals surface area contributed by atoms with Gasteiger partial charge in [0, 0.05) is 19.7 Å². The van der Waals surface area contributed by atoms with Crippen molar-refractivity contribution in [1.82, 2.24) is 10.2 Å². The van der Waals surface area contributed by atoms with Gasteiger partial charge in [-0.2, -0.15) is 0 Å². The molecule has 0 bridgehead atoms. The van der Waals surface area contributed by atoms with Gasteiger partial charge in [0.2, 0.25) is 5.91 Å². The second-order valence-electron chi connectivity index (χ2n) is 4.85. The van der Waals surface area contributed by atoms with E-state index in [4.69, 9.17) is 22.1 Å². The summed E-state index contributed by atoms with van der Waals surface area (Å²) in [6, 6.07) is -0.0752. The van der Waals surface area contributed by atoms with Crippen molar-refractivity contribution in [2.75, 3.05) is 60.3 Å². The zero-order chi connectivity index (χ0) is 16.8. The average molecular weight is 314 g/mol. The lowest BCUT2D eigenvalue weighted by Crippen LogP contribution is -2.46. The Morgan fingerprint density at radius 1 is 1.18 bits per heavy atom. The lowest BCUT2D eigenvalue weighted by atomic mass is 10.0. The molecule has 1 N–H and O–H groups in total. The minimum atomic E-state index is -0.252. The fourth-order valence-electron chi connectivity index (χ4n) is 1.73. The number of ketones is 1. The van der Waals surface area contributed by atoms with Crippen molar-refractivity contribution in [2.45, 2.75) is 19.3 Å². The van der Waals surface area contributed by atoms with Gasteiger partial charge in [-0.1, -0.05) is 0 Å². The number of hydrogen-bond acceptors (Lipinski definition) is 6. The van der Waals surface area contributed by atoms with Crippen LogP contribution < -0.4 is 5.32 Å². The highest BCUT2D eigenvalue weighted by molar-refractivity contribution is 6.19. The molecule has 0 unspecified atom stereocenters. The Balaban J connectivity index is 4.04. The van der Waals surface area contributed by atoms with E-state index in [9.17, 15) is 9.59 Å². The molecule has 0 aliphatic rings. The molecule has 1 atom stereocenters. The number of hydrogen-bond donors (Lipinski definition) is 1. The molecule has 0 spiro atoms. The van der Waals surface area contributed by atoms with Crippen LogP contribution >= 0.6 is 0 Å². The number of likely N-dealkylation sites (N-methyl/N-ethyl adjacent to an activating group) is 1. The molecule has 8 heteroatoms. The summed E-state index contributed by atoms with van der Waals surface area (Å²) in [6.07, 6.45) is -0.113. The Morgan fingerprint density at radius 3 is 2.36 bits per heavy atom. The van der Waals surface area contributed by atoms with E-state index in [0.717, 1.165) is 0 Å². The van der Waals surface area contributed by atoms with E-state index >= 15 is 0 Å². The smallest absolute Gasteiger partial charge is 0.214 e. The predicted molar refractivity (Wildman–Crippen MR) is 84.2 cm³/mol. The molecule has 0 saturated carbocycles. The Kier molecular flexibility index (Phi) is 13.1. The second kappa shape index (κ2) is 13.7. The van der Waals surface area contributed by atoms with Crippen LogP contribution in [0.15, 0.2) is 0 Å². The van der Waals surface area contributed by atoms with Crippen molar-refractivity contribution in [1.29, 1.82) is 0 Å². The van der Waals surface area contributed by atoms with E-state index in [-0.39, 0.29) is 30.6 Å². The Bertz CT molecular complexity index is 318. The molecule has 7 nitrogen and oxygen atoms in total. The molecular weight excluding hydrogens is 287 g/mol. The van der Waals surface area contributed by atoms with Crippen LogP contribution in [0.5, 0.6) is 0 Å². The predicted octanol–water partition coefficient (Wildman–Crippen LogP) is -0.742. The SMILES string of the molecule is [B]CC(=O)N(CC(C)=O)C[C@H](COCCOCCOC)NC. The van der Waals surface area contributed by atoms with Gasteiger partial charge in [0.15, 0.2) is 0 Å². The highest BCUT2D eigenvalue weighted by Gasteiger charge is 2.18. The first kappa shape index (κ1) is 21.0. The maximum absolute atomic E-state index is 11.7. The molecule has 0 saturated heterocycles. The number of rotatable bonds is 14. The van der Waals surface area contributed by atoms with Crippen LogP contribution in [0.4, 0.5) is 0 Å². The molecule has 1 amide bonds. The van der Waals surface area contributed by atoms with Crippen LogP contribution in [0.2, 0.25) is 6.32 Å². The monoisotopic (exact) mass is 314 g/mol. The first-order chi connectivity index (χ1) is 10.5. The van der Waals surface area contributed by atoms with Gasteiger partial charge >= 0.3 is 0 Å². The Morgan fingerprint density at radius 2 is 1.82 bits per heavy atom. The number of Topliss-reactive ketones (excluding diaryl/α,β-unsaturated/α-hetero) is 1. The van der Waals surface area contributed by atoms with Crippen LogP contribution in [0, 0.1) is 0 Å². The van der Waals surface area contributed by atoms with Crippen molar-refractivity contribution < 1.29 is 23.8 Å². The fourth-order valence-corrected chi connectivity index (χ4v) is 1.73. The molecule has 126 valence electrons. The number of nitrogens with one attached hydrogen (secondary N) is 1. The minimum Gasteiger partial charge on any atom is -0.382 e. The first-order valence-corrected chi connectivity index (χ1v) is 7.34. The standard InChI is InChI=1S/C14H27BN2O5/c1-12(18)9-17(14(19)8-15)10-13(16-2)11-22-7-6-21-5-4-20-3/h13,16H,4-11H2,1-3H3/t13-/m1/s1. The van der Waals surface area contributed by atoms with Crippen molar-refractivity contribution >= 4 is 19.5 Å². The summed E-state index contributed by atoms with van der Waals surface area (Å²) in [5, 5.41) is 3.06. The van der Waals surface area contributed by atoms with E-state index in [0.29, 0.717) is 39.6 Å². The molecule has 22 heavy (non-hydrogen) atoms. The number of carbonyl (C=O) groups excluding carboxylic acids is 2. The molecule has 0 aromatic carbocycles. The number of carbonyl (C=O) groups is 2. The maximum Gasteiger partial charge on any atom is 0.214 e. The minimum absolute atomic E-state index is 0.0638. The number of methoxy groups -OCH3 is 1. The van der Waals surface area contributed by atoms with E-state index in [1.165, 1.54) is 11.8 Å². The summed E-state index contributed by atoms with van der Waals surface area (Å²) in [5.41, 5.74) is 0. The molecule has 0 aliphatic heterocycles. The Hall–Kier alpha value is -0.955. The third kappa shape index (κ3) is 10.7. The number of amides is 1. The molecule has 0 rings (SSSR count). The third-order valence-corrected chi connectivity index (χ3v) is 2.91. The topological polar surface area (TPSA) is 77.1 Å². The van der Waals surface area contributed by atoms with E-state index in [1.807, 2.05) is 0 Å². The van der Waals surface area contributed by atoms with Crippen LogP contribution in [-0.4, -0.2) is 90.8 Å². The summed E-state index contributed by atoms with van der Waals surface area (Å²) in [6.45, 7) is 4.32. The van der Waals surface area contributed by atoms with E-state index in [1.54, 1.807) is 14.2 Å². The van der Waals surface area contributed by atoms with Gasteiger partial charge in [-0.05, 0) is 20.3 Å². The summed E-state index contributed by atoms with van der Waals surface area (Å²) < 4.78 is 15.6. The van der Waals surface area contributed by atoms with Crippen LogP contribution in [-0.2, 0) is 23.8 Å². The number of ether oxygens (including phenoxy) is 3. The van der Waals surface area contributed by atoms with Gasteiger partial charge in [-0.25, -0.2) is 0 Å². The normalized spacial score (nSPS) is 12.1. The van der Waals surface area contributed by atoms with Gasteiger partial charge in [-0.15, -0.1) is 0 Å². The van der Waals surface area contributed by atoms with Gasteiger partial charge < -0.3 is 24.4 Å². The molecule has 0 heterocycles. The molecule has 2 radical (unpaired) electrons. The summed E-state index contributed by atoms with van der Waals surface area (Å²) in [4.78, 5) is 24.4. The van der Waals surface area contributed by atoms with E-state index < -0.39 is 0 Å². The highest BCUT2D eigenvalue weighted by Crippen LogP contribution is 1.98. The van der Waals surface area contributed by atoms with Crippen molar-refractivity contribution in [3.8, 4) is 0 Å². The number of nitrogens with zero attached hydrogens (tertiary/aromatic N) is 1. The van der Waals surface area contributed by atoms with Crippen LogP contribution in [0.3, 0.4) is 0 Å². The fraction of sp³-hybridized carbons (Fsp3) is 0.857. The Labute approximate surface area is 134 Å². The van der Waals surface area contributed by atoms with Gasteiger partial charge in [0.25, 0.3) is 0 Å². The van der Waals surface area contributed by atoms with E-state index in [2.05, 4.69) is 5.32 Å². The van der Waals surface area contributed by atoms with Crippen LogP contribution in [0.1, 0.15) is 6.92 Å². The summed E-state index contributed by atoms with van der Waals surface area (Å²) in [7, 11) is 8.76. The van der Waals surface area contributed by atoms with Crippen LogP contribution in [0.25, 0.3) is 0 Å². The second-order valence-corrected chi connectivity index (χ2v) is 4.85. The summed E-state index contributed by atoms with van der Waals surface area (Å²) in [5.74, 6) is -0.331. The van der Waals surface area contributed by atoms with Crippen molar-refractivity contribution in [3.05, 3.63) is 0 Å².